The zero-order valence-electron chi connectivity index (χ0n) is 17.9. The van der Waals surface area contributed by atoms with Gasteiger partial charge in [0.1, 0.15) is 6.04 Å². The molecule has 0 aliphatic carbocycles. The van der Waals surface area contributed by atoms with Crippen LogP contribution in [0.4, 0.5) is 0 Å². The Hall–Kier alpha value is -2.70. The minimum absolute atomic E-state index is 0.0475. The summed E-state index contributed by atoms with van der Waals surface area (Å²) in [6, 6.07) is 14.6. The van der Waals surface area contributed by atoms with Gasteiger partial charge in [-0.3, -0.25) is 9.59 Å². The van der Waals surface area contributed by atoms with Crippen molar-refractivity contribution in [3.8, 4) is 0 Å². The summed E-state index contributed by atoms with van der Waals surface area (Å²) in [5, 5.41) is 4.49. The molecule has 2 N–H and O–H groups in total. The van der Waals surface area contributed by atoms with Crippen molar-refractivity contribution in [1.82, 2.24) is 15.2 Å². The predicted molar refractivity (Wildman–Crippen MR) is 133 cm³/mol. The summed E-state index contributed by atoms with van der Waals surface area (Å²) >= 11 is 7.83. The Bertz CT molecular complexity index is 1160. The summed E-state index contributed by atoms with van der Waals surface area (Å²) in [5.74, 6) is 0.416. The van der Waals surface area contributed by atoms with Crippen molar-refractivity contribution in [3.05, 3.63) is 77.0 Å². The smallest absolute Gasteiger partial charge is 0.253 e. The van der Waals surface area contributed by atoms with Gasteiger partial charge in [0.25, 0.3) is 5.91 Å². The van der Waals surface area contributed by atoms with Crippen LogP contribution in [0.3, 0.4) is 0 Å². The van der Waals surface area contributed by atoms with Gasteiger partial charge in [0.05, 0.1) is 10.6 Å². The number of benzene rings is 2. The Morgan fingerprint density at radius 2 is 1.97 bits per heavy atom. The minimum atomic E-state index is -0.575. The van der Waals surface area contributed by atoms with Crippen molar-refractivity contribution in [2.45, 2.75) is 18.9 Å². The van der Waals surface area contributed by atoms with Crippen LogP contribution < -0.4 is 5.32 Å². The van der Waals surface area contributed by atoms with Crippen LogP contribution in [0.1, 0.15) is 28.8 Å². The number of carbonyl (C=O) groups excluding carboxylic acids is 2. The average molecular weight is 468 g/mol. The van der Waals surface area contributed by atoms with Crippen LogP contribution in [0.15, 0.2) is 60.8 Å². The van der Waals surface area contributed by atoms with Crippen molar-refractivity contribution in [2.75, 3.05) is 25.1 Å². The number of para-hydroxylation sites is 1. The van der Waals surface area contributed by atoms with Gasteiger partial charge in [-0.2, -0.15) is 11.8 Å². The summed E-state index contributed by atoms with van der Waals surface area (Å²) in [7, 11) is 0. The standard InChI is InChI=1S/C25H26ClN3O2S/c1-32-15-12-23(28-24(30)19-7-2-4-8-21(19)26)25(31)29-13-10-17(11-14-29)20-16-27-22-9-5-3-6-18(20)22/h2-10,16,23,27H,11-15H2,1H3,(H,28,30)/t23-/m1/s1. The maximum absolute atomic E-state index is 13.3. The van der Waals surface area contributed by atoms with E-state index in [9.17, 15) is 9.59 Å². The van der Waals surface area contributed by atoms with E-state index in [-0.39, 0.29) is 11.8 Å². The number of aromatic amines is 1. The van der Waals surface area contributed by atoms with Crippen molar-refractivity contribution in [3.63, 3.8) is 0 Å². The van der Waals surface area contributed by atoms with Gasteiger partial charge in [-0.25, -0.2) is 0 Å². The Kier molecular flexibility index (Phi) is 7.22. The molecule has 5 nitrogen and oxygen atoms in total. The first-order valence-electron chi connectivity index (χ1n) is 10.7. The Labute approximate surface area is 197 Å². The number of aromatic nitrogens is 1. The highest BCUT2D eigenvalue weighted by molar-refractivity contribution is 7.98. The fourth-order valence-corrected chi connectivity index (χ4v) is 4.74. The van der Waals surface area contributed by atoms with Gasteiger partial charge in [-0.15, -0.1) is 0 Å². The molecule has 3 aromatic rings. The van der Waals surface area contributed by atoms with E-state index >= 15 is 0 Å². The van der Waals surface area contributed by atoms with E-state index in [0.29, 0.717) is 30.1 Å². The van der Waals surface area contributed by atoms with Crippen LogP contribution in [0.2, 0.25) is 5.02 Å². The molecule has 0 unspecified atom stereocenters. The van der Waals surface area contributed by atoms with E-state index in [1.165, 1.54) is 16.5 Å². The Morgan fingerprint density at radius 3 is 2.72 bits per heavy atom. The second kappa shape index (κ2) is 10.3. The molecule has 2 aromatic carbocycles. The zero-order chi connectivity index (χ0) is 22.5. The van der Waals surface area contributed by atoms with Crippen LogP contribution >= 0.6 is 23.4 Å². The topological polar surface area (TPSA) is 65.2 Å². The molecule has 1 aliphatic rings. The van der Waals surface area contributed by atoms with E-state index in [2.05, 4.69) is 28.5 Å². The van der Waals surface area contributed by atoms with Crippen LogP contribution in [-0.4, -0.2) is 52.8 Å². The number of H-pyrrole nitrogens is 1. The molecule has 2 amide bonds. The van der Waals surface area contributed by atoms with Crippen LogP contribution in [0, 0.1) is 0 Å². The number of rotatable bonds is 7. The summed E-state index contributed by atoms with van der Waals surface area (Å²) in [6.45, 7) is 1.16. The third kappa shape index (κ3) is 4.87. The van der Waals surface area contributed by atoms with Gasteiger partial charge in [0.15, 0.2) is 0 Å². The molecule has 0 radical (unpaired) electrons. The number of hydrogen-bond donors (Lipinski definition) is 2. The normalized spacial score (nSPS) is 14.8. The minimum Gasteiger partial charge on any atom is -0.361 e. The fraction of sp³-hybridized carbons (Fsp3) is 0.280. The molecule has 1 aliphatic heterocycles. The van der Waals surface area contributed by atoms with E-state index in [4.69, 9.17) is 11.6 Å². The number of amides is 2. The quantitative estimate of drug-likeness (QED) is 0.514. The average Bonchev–Trinajstić information content (AvgIpc) is 3.26. The first-order chi connectivity index (χ1) is 15.6. The van der Waals surface area contributed by atoms with Gasteiger partial charge in [0, 0.05) is 35.8 Å². The van der Waals surface area contributed by atoms with Crippen molar-refractivity contribution in [2.24, 2.45) is 0 Å². The molecule has 7 heteroatoms. The molecule has 2 heterocycles. The van der Waals surface area contributed by atoms with Crippen molar-refractivity contribution < 1.29 is 9.59 Å². The molecule has 0 fully saturated rings. The number of halogens is 1. The molecule has 0 bridgehead atoms. The summed E-state index contributed by atoms with van der Waals surface area (Å²) in [5.41, 5.74) is 3.93. The lowest BCUT2D eigenvalue weighted by Crippen LogP contribution is -2.50. The van der Waals surface area contributed by atoms with Gasteiger partial charge in [0.2, 0.25) is 5.91 Å². The summed E-state index contributed by atoms with van der Waals surface area (Å²) in [6.07, 6.45) is 7.51. The lowest BCUT2D eigenvalue weighted by molar-refractivity contribution is -0.132. The van der Waals surface area contributed by atoms with E-state index in [0.717, 1.165) is 17.7 Å². The second-order valence-electron chi connectivity index (χ2n) is 7.80. The highest BCUT2D eigenvalue weighted by atomic mass is 35.5. The Balaban J connectivity index is 1.47. The first-order valence-corrected chi connectivity index (χ1v) is 12.4. The molecule has 4 rings (SSSR count). The molecule has 0 saturated heterocycles. The lowest BCUT2D eigenvalue weighted by atomic mass is 9.98. The molecule has 166 valence electrons. The highest BCUT2D eigenvalue weighted by Gasteiger charge is 2.28. The predicted octanol–water partition coefficient (Wildman–Crippen LogP) is 4.99. The molecular weight excluding hydrogens is 442 g/mol. The van der Waals surface area contributed by atoms with E-state index in [1.54, 1.807) is 36.0 Å². The van der Waals surface area contributed by atoms with Crippen LogP contribution in [0.25, 0.3) is 16.5 Å². The third-order valence-corrected chi connectivity index (χ3v) is 6.76. The maximum Gasteiger partial charge on any atom is 0.253 e. The van der Waals surface area contributed by atoms with Crippen molar-refractivity contribution >= 4 is 51.7 Å². The number of thioether (sulfide) groups is 1. The fourth-order valence-electron chi connectivity index (χ4n) is 4.05. The van der Waals surface area contributed by atoms with E-state index in [1.807, 2.05) is 29.5 Å². The molecule has 1 atom stereocenters. The maximum atomic E-state index is 13.3. The van der Waals surface area contributed by atoms with Gasteiger partial charge in [-0.1, -0.05) is 48.0 Å². The van der Waals surface area contributed by atoms with Gasteiger partial charge < -0.3 is 15.2 Å². The number of fused-ring (bicyclic) bond motifs is 1. The number of carbonyl (C=O) groups is 2. The Morgan fingerprint density at radius 1 is 1.19 bits per heavy atom. The van der Waals surface area contributed by atoms with Crippen LogP contribution in [0.5, 0.6) is 0 Å². The van der Waals surface area contributed by atoms with Crippen molar-refractivity contribution in [1.29, 1.82) is 0 Å². The molecular formula is C25H26ClN3O2S. The van der Waals surface area contributed by atoms with Crippen LogP contribution in [-0.2, 0) is 4.79 Å². The number of nitrogens with one attached hydrogen (secondary N) is 2. The molecule has 1 aromatic heterocycles. The summed E-state index contributed by atoms with van der Waals surface area (Å²) in [4.78, 5) is 31.2. The lowest BCUT2D eigenvalue weighted by Gasteiger charge is -2.30. The molecule has 32 heavy (non-hydrogen) atoms. The molecule has 0 spiro atoms. The first kappa shape index (κ1) is 22.5. The van der Waals surface area contributed by atoms with Gasteiger partial charge in [-0.05, 0) is 48.6 Å². The van der Waals surface area contributed by atoms with E-state index < -0.39 is 6.04 Å². The number of hydrogen-bond acceptors (Lipinski definition) is 3. The summed E-state index contributed by atoms with van der Waals surface area (Å²) < 4.78 is 0. The SMILES string of the molecule is CSCC[C@@H](NC(=O)c1ccccc1Cl)C(=O)N1CC=C(c2c[nH]c3ccccc23)CC1. The largest absolute Gasteiger partial charge is 0.361 e. The molecule has 0 saturated carbocycles. The monoisotopic (exact) mass is 467 g/mol. The second-order valence-corrected chi connectivity index (χ2v) is 9.19. The number of nitrogens with zero attached hydrogens (tertiary/aromatic N) is 1. The third-order valence-electron chi connectivity index (χ3n) is 5.79. The highest BCUT2D eigenvalue weighted by Crippen LogP contribution is 2.29. The zero-order valence-corrected chi connectivity index (χ0v) is 19.5. The van der Waals surface area contributed by atoms with Gasteiger partial charge >= 0.3 is 0 Å².